The Morgan fingerprint density at radius 3 is 2.15 bits per heavy atom. The molecule has 0 spiro atoms. The fourth-order valence-corrected chi connectivity index (χ4v) is 2.43. The van der Waals surface area contributed by atoms with Crippen molar-refractivity contribution in [2.24, 2.45) is 0 Å². The van der Waals surface area contributed by atoms with E-state index in [9.17, 15) is 4.79 Å². The lowest BCUT2D eigenvalue weighted by molar-refractivity contribution is -0.111. The molecule has 1 aliphatic heterocycles. The first kappa shape index (κ1) is 30.2. The van der Waals surface area contributed by atoms with Gasteiger partial charge in [0.25, 0.3) is 0 Å². The van der Waals surface area contributed by atoms with E-state index in [-0.39, 0.29) is 11.6 Å². The maximum atomic E-state index is 10.4. The zero-order chi connectivity index (χ0) is 21.2. The van der Waals surface area contributed by atoms with Crippen molar-refractivity contribution in [2.75, 3.05) is 39.6 Å². The van der Waals surface area contributed by atoms with Crippen LogP contribution in [-0.2, 0) is 9.53 Å². The van der Waals surface area contributed by atoms with E-state index in [4.69, 9.17) is 16.3 Å². The molecule has 0 aromatic carbocycles. The third-order valence-electron chi connectivity index (χ3n) is 2.89. The fraction of sp³-hybridized carbons (Fsp3) is 0.857. The van der Waals surface area contributed by atoms with Crippen LogP contribution in [0.1, 0.15) is 67.7 Å². The molecule has 1 heterocycles. The van der Waals surface area contributed by atoms with Gasteiger partial charge < -0.3 is 14.4 Å². The van der Waals surface area contributed by atoms with Crippen molar-refractivity contribution in [1.82, 2.24) is 9.80 Å². The lowest BCUT2D eigenvalue weighted by atomic mass is 10.2. The van der Waals surface area contributed by atoms with Gasteiger partial charge in [-0.3, -0.25) is 4.90 Å². The lowest BCUT2D eigenvalue weighted by Gasteiger charge is -2.24. The van der Waals surface area contributed by atoms with E-state index in [2.05, 4.69) is 25.3 Å². The van der Waals surface area contributed by atoms with Crippen LogP contribution in [0.5, 0.6) is 0 Å². The van der Waals surface area contributed by atoms with Crippen LogP contribution in [0.3, 0.4) is 0 Å². The van der Waals surface area contributed by atoms with Crippen molar-refractivity contribution < 1.29 is 9.53 Å². The molecule has 26 heavy (non-hydrogen) atoms. The van der Waals surface area contributed by atoms with Gasteiger partial charge in [0, 0.05) is 12.4 Å². The highest BCUT2D eigenvalue weighted by atomic mass is 35.5. The largest absolute Gasteiger partial charge is 0.492 e. The van der Waals surface area contributed by atoms with Gasteiger partial charge >= 0.3 is 0 Å². The molecule has 1 unspecified atom stereocenters. The number of nitrogens with zero attached hydrogens (tertiary/aromatic N) is 2. The molecule has 5 heteroatoms. The average molecular weight is 393 g/mol. The SMILES string of the molecule is C=C(CN(C)C)OC(C)(C)C.CC.CCC.O=CC1CCCN1CCCl. The fourth-order valence-electron chi connectivity index (χ4n) is 2.21. The number of likely N-dealkylation sites (N-methyl/N-ethyl adjacent to an activating group) is 1. The number of rotatable bonds is 6. The third-order valence-corrected chi connectivity index (χ3v) is 3.06. The summed E-state index contributed by atoms with van der Waals surface area (Å²) in [6.07, 6.45) is 4.43. The van der Waals surface area contributed by atoms with Crippen LogP contribution >= 0.6 is 11.6 Å². The molecule has 0 radical (unpaired) electrons. The molecule has 0 aromatic heterocycles. The second-order valence-electron chi connectivity index (χ2n) is 7.27. The first-order chi connectivity index (χ1) is 12.1. The summed E-state index contributed by atoms with van der Waals surface area (Å²) in [6, 6.07) is 0.152. The summed E-state index contributed by atoms with van der Waals surface area (Å²) >= 11 is 5.55. The standard InChI is InChI=1S/C9H19NO.C7H12ClNO.C3H8.C2H6/c1-8(7-10(5)6)11-9(2,3)4;8-3-5-9-4-1-2-7(9)6-10;1-3-2;1-2/h1,7H2,2-6H3;6-7H,1-5H2;3H2,1-2H3;1-2H3. The molecule has 1 rings (SSSR count). The van der Waals surface area contributed by atoms with Gasteiger partial charge in [-0.25, -0.2) is 0 Å². The predicted molar refractivity (Wildman–Crippen MR) is 117 cm³/mol. The maximum Gasteiger partial charge on any atom is 0.137 e. The highest BCUT2D eigenvalue weighted by Crippen LogP contribution is 2.14. The van der Waals surface area contributed by atoms with Crippen LogP contribution in [-0.4, -0.2) is 67.3 Å². The van der Waals surface area contributed by atoms with Crippen LogP contribution in [0.15, 0.2) is 12.3 Å². The first-order valence-electron chi connectivity index (χ1n) is 9.88. The number of alkyl halides is 1. The third kappa shape index (κ3) is 21.5. The number of hydrogen-bond acceptors (Lipinski definition) is 4. The molecular formula is C21H45ClN2O2. The van der Waals surface area contributed by atoms with E-state index in [1.54, 1.807) is 0 Å². The maximum absolute atomic E-state index is 10.4. The minimum Gasteiger partial charge on any atom is -0.492 e. The van der Waals surface area contributed by atoms with E-state index < -0.39 is 0 Å². The Balaban J connectivity index is -0.000000327. The Labute approximate surface area is 168 Å². The van der Waals surface area contributed by atoms with Gasteiger partial charge in [0.05, 0.1) is 12.6 Å². The van der Waals surface area contributed by atoms with E-state index in [1.165, 1.54) is 6.42 Å². The summed E-state index contributed by atoms with van der Waals surface area (Å²) in [5.74, 6) is 1.45. The van der Waals surface area contributed by atoms with Gasteiger partial charge in [-0.1, -0.05) is 40.7 Å². The molecular weight excluding hydrogens is 348 g/mol. The Bertz CT molecular complexity index is 328. The molecule has 0 saturated carbocycles. The molecule has 1 saturated heterocycles. The Kier molecular flexibility index (Phi) is 22.3. The zero-order valence-electron chi connectivity index (χ0n) is 18.9. The second kappa shape index (κ2) is 19.2. The normalized spacial score (nSPS) is 16.3. The van der Waals surface area contributed by atoms with Crippen LogP contribution < -0.4 is 0 Å². The molecule has 0 amide bonds. The van der Waals surface area contributed by atoms with Gasteiger partial charge in [-0.2, -0.15) is 0 Å². The molecule has 158 valence electrons. The summed E-state index contributed by atoms with van der Waals surface area (Å²) in [4.78, 5) is 14.6. The average Bonchev–Trinajstić information content (AvgIpc) is 2.96. The lowest BCUT2D eigenvalue weighted by Crippen LogP contribution is -2.31. The monoisotopic (exact) mass is 392 g/mol. The number of halogens is 1. The quantitative estimate of drug-likeness (QED) is 0.353. The predicted octanol–water partition coefficient (Wildman–Crippen LogP) is 5.21. The first-order valence-corrected chi connectivity index (χ1v) is 10.4. The van der Waals surface area contributed by atoms with Crippen molar-refractivity contribution >= 4 is 17.9 Å². The number of carbonyl (C=O) groups excluding carboxylic acids is 1. The number of aldehydes is 1. The summed E-state index contributed by atoms with van der Waals surface area (Å²) in [6.45, 7) is 20.8. The topological polar surface area (TPSA) is 32.8 Å². The summed E-state index contributed by atoms with van der Waals surface area (Å²) in [7, 11) is 3.99. The van der Waals surface area contributed by atoms with Crippen molar-refractivity contribution in [3.63, 3.8) is 0 Å². The van der Waals surface area contributed by atoms with E-state index in [1.807, 2.05) is 53.6 Å². The molecule has 1 atom stereocenters. The molecule has 0 aliphatic carbocycles. The van der Waals surface area contributed by atoms with Crippen LogP contribution in [0.4, 0.5) is 0 Å². The minimum atomic E-state index is -0.118. The van der Waals surface area contributed by atoms with Crippen molar-refractivity contribution in [1.29, 1.82) is 0 Å². The van der Waals surface area contributed by atoms with Crippen molar-refractivity contribution in [3.8, 4) is 0 Å². The highest BCUT2D eigenvalue weighted by Gasteiger charge is 2.22. The molecule has 1 fully saturated rings. The van der Waals surface area contributed by atoms with Crippen molar-refractivity contribution in [3.05, 3.63) is 12.3 Å². The van der Waals surface area contributed by atoms with Gasteiger partial charge in [0.1, 0.15) is 17.6 Å². The zero-order valence-corrected chi connectivity index (χ0v) is 19.7. The van der Waals surface area contributed by atoms with Gasteiger partial charge in [0.2, 0.25) is 0 Å². The van der Waals surface area contributed by atoms with E-state index in [0.717, 1.165) is 44.5 Å². The molecule has 0 N–H and O–H groups in total. The van der Waals surface area contributed by atoms with E-state index >= 15 is 0 Å². The number of likely N-dealkylation sites (tertiary alicyclic amines) is 1. The Hall–Kier alpha value is -0.580. The smallest absolute Gasteiger partial charge is 0.137 e. The number of ether oxygens (including phenoxy) is 1. The van der Waals surface area contributed by atoms with Gasteiger partial charge in [0.15, 0.2) is 0 Å². The molecule has 1 aliphatic rings. The van der Waals surface area contributed by atoms with Crippen LogP contribution in [0, 0.1) is 0 Å². The summed E-state index contributed by atoms with van der Waals surface area (Å²) in [5.41, 5.74) is -0.118. The summed E-state index contributed by atoms with van der Waals surface area (Å²) in [5, 5.41) is 0. The Morgan fingerprint density at radius 1 is 1.31 bits per heavy atom. The van der Waals surface area contributed by atoms with Gasteiger partial charge in [-0.15, -0.1) is 11.6 Å². The minimum absolute atomic E-state index is 0.118. The number of hydrogen-bond donors (Lipinski definition) is 0. The molecule has 0 bridgehead atoms. The van der Waals surface area contributed by atoms with Crippen LogP contribution in [0.2, 0.25) is 0 Å². The number of carbonyl (C=O) groups is 1. The van der Waals surface area contributed by atoms with Crippen molar-refractivity contribution in [2.45, 2.75) is 79.4 Å². The molecule has 4 nitrogen and oxygen atoms in total. The second-order valence-corrected chi connectivity index (χ2v) is 7.65. The summed E-state index contributed by atoms with van der Waals surface area (Å²) < 4.78 is 5.51. The van der Waals surface area contributed by atoms with Crippen LogP contribution in [0.25, 0.3) is 0 Å². The molecule has 0 aromatic rings. The van der Waals surface area contributed by atoms with Gasteiger partial charge in [-0.05, 0) is 54.3 Å². The van der Waals surface area contributed by atoms with E-state index in [0.29, 0.717) is 5.88 Å². The Morgan fingerprint density at radius 2 is 1.81 bits per heavy atom. The highest BCUT2D eigenvalue weighted by molar-refractivity contribution is 6.18.